The van der Waals surface area contributed by atoms with Crippen molar-refractivity contribution < 1.29 is 9.59 Å². The minimum atomic E-state index is -0.154. The van der Waals surface area contributed by atoms with Crippen molar-refractivity contribution in [1.29, 1.82) is 0 Å². The number of aliphatic imine (C=N–C) groups is 1. The van der Waals surface area contributed by atoms with Crippen LogP contribution >= 0.6 is 0 Å². The molecule has 4 heteroatoms. The van der Waals surface area contributed by atoms with Crippen molar-refractivity contribution in [1.82, 2.24) is 0 Å². The number of nitrogens with zero attached hydrogens (tertiary/aromatic N) is 1. The maximum absolute atomic E-state index is 12.9. The number of carbonyl (C=O) groups excluding carboxylic acids is 2. The summed E-state index contributed by atoms with van der Waals surface area (Å²) >= 11 is 0. The van der Waals surface area contributed by atoms with E-state index in [1.807, 2.05) is 6.07 Å². The van der Waals surface area contributed by atoms with E-state index in [-0.39, 0.29) is 11.3 Å². The minimum absolute atomic E-state index is 0.154. The molecule has 114 valence electrons. The molecule has 5 rings (SSSR count). The molecule has 4 bridgehead atoms. The molecule has 4 saturated carbocycles. The van der Waals surface area contributed by atoms with Crippen molar-refractivity contribution in [2.75, 3.05) is 5.32 Å². The van der Waals surface area contributed by atoms with E-state index in [0.717, 1.165) is 42.7 Å². The molecule has 4 aliphatic carbocycles. The number of rotatable bonds is 3. The second-order valence-electron chi connectivity index (χ2n) is 7.41. The number of amides is 1. The Morgan fingerprint density at radius 3 is 2.36 bits per heavy atom. The van der Waals surface area contributed by atoms with Gasteiger partial charge in [0.2, 0.25) is 12.0 Å². The first-order chi connectivity index (χ1) is 10.7. The van der Waals surface area contributed by atoms with Gasteiger partial charge in [-0.15, -0.1) is 0 Å². The molecule has 0 spiro atoms. The molecule has 0 aliphatic heterocycles. The molecule has 4 nitrogen and oxygen atoms in total. The highest BCUT2D eigenvalue weighted by Crippen LogP contribution is 2.60. The van der Waals surface area contributed by atoms with Gasteiger partial charge in [0.15, 0.2) is 0 Å². The van der Waals surface area contributed by atoms with Gasteiger partial charge in [-0.05, 0) is 74.5 Å². The van der Waals surface area contributed by atoms with E-state index in [2.05, 4.69) is 10.3 Å². The van der Waals surface area contributed by atoms with Crippen LogP contribution in [0.4, 0.5) is 11.4 Å². The molecule has 22 heavy (non-hydrogen) atoms. The first-order valence-electron chi connectivity index (χ1n) is 8.16. The van der Waals surface area contributed by atoms with E-state index in [1.54, 1.807) is 18.2 Å². The number of hydrogen-bond acceptors (Lipinski definition) is 3. The summed E-state index contributed by atoms with van der Waals surface area (Å²) in [5, 5.41) is 3.07. The molecule has 4 fully saturated rings. The van der Waals surface area contributed by atoms with E-state index in [4.69, 9.17) is 0 Å². The van der Waals surface area contributed by atoms with Gasteiger partial charge in [-0.25, -0.2) is 4.79 Å². The van der Waals surface area contributed by atoms with Crippen LogP contribution in [0.5, 0.6) is 0 Å². The van der Waals surface area contributed by atoms with E-state index in [0.29, 0.717) is 5.69 Å². The fourth-order valence-corrected chi connectivity index (χ4v) is 5.36. The number of anilines is 1. The van der Waals surface area contributed by atoms with Crippen LogP contribution in [-0.2, 0) is 9.59 Å². The summed E-state index contributed by atoms with van der Waals surface area (Å²) in [7, 11) is 0. The predicted molar refractivity (Wildman–Crippen MR) is 83.5 cm³/mol. The number of nitrogens with one attached hydrogen (secondary N) is 1. The monoisotopic (exact) mass is 296 g/mol. The fraction of sp³-hybridized carbons (Fsp3) is 0.556. The Kier molecular flexibility index (Phi) is 3.16. The molecule has 0 unspecified atom stereocenters. The van der Waals surface area contributed by atoms with Gasteiger partial charge in [-0.2, -0.15) is 4.99 Å². The first kappa shape index (κ1) is 13.7. The second kappa shape index (κ2) is 5.06. The highest BCUT2D eigenvalue weighted by Gasteiger charge is 2.54. The SMILES string of the molecule is O=C=Nc1cccc(NC(=O)C23CC4CC(CC(C4)C2)C3)c1. The van der Waals surface area contributed by atoms with Crippen LogP contribution in [0.1, 0.15) is 38.5 Å². The normalized spacial score (nSPS) is 35.0. The Bertz CT molecular complexity index is 626. The predicted octanol–water partition coefficient (Wildman–Crippen LogP) is 3.81. The lowest BCUT2D eigenvalue weighted by atomic mass is 9.49. The van der Waals surface area contributed by atoms with E-state index >= 15 is 0 Å². The summed E-state index contributed by atoms with van der Waals surface area (Å²) in [6, 6.07) is 7.10. The van der Waals surface area contributed by atoms with Gasteiger partial charge >= 0.3 is 0 Å². The topological polar surface area (TPSA) is 58.5 Å². The summed E-state index contributed by atoms with van der Waals surface area (Å²) in [5.41, 5.74) is 1.09. The van der Waals surface area contributed by atoms with Gasteiger partial charge in [0.25, 0.3) is 0 Å². The maximum Gasteiger partial charge on any atom is 0.240 e. The van der Waals surface area contributed by atoms with E-state index in [9.17, 15) is 9.59 Å². The van der Waals surface area contributed by atoms with Gasteiger partial charge in [-0.3, -0.25) is 4.79 Å². The van der Waals surface area contributed by atoms with Crippen molar-refractivity contribution in [3.8, 4) is 0 Å². The van der Waals surface area contributed by atoms with Gasteiger partial charge in [-0.1, -0.05) is 6.07 Å². The summed E-state index contributed by atoms with van der Waals surface area (Å²) in [6.45, 7) is 0. The lowest BCUT2D eigenvalue weighted by molar-refractivity contribution is -0.140. The van der Waals surface area contributed by atoms with Crippen molar-refractivity contribution in [2.45, 2.75) is 38.5 Å². The molecule has 4 aliphatic rings. The second-order valence-corrected chi connectivity index (χ2v) is 7.41. The molecule has 0 atom stereocenters. The average molecular weight is 296 g/mol. The summed E-state index contributed by atoms with van der Waals surface area (Å²) in [5.74, 6) is 2.42. The van der Waals surface area contributed by atoms with Crippen LogP contribution in [0.2, 0.25) is 0 Å². The number of isocyanates is 1. The standard InChI is InChI=1S/C18H20N2O2/c21-11-19-15-2-1-3-16(7-15)20-17(22)18-8-12-4-13(9-18)6-14(5-12)10-18/h1-3,7,12-14H,4-6,8-10H2,(H,20,22). The largest absolute Gasteiger partial charge is 0.326 e. The zero-order chi connectivity index (χ0) is 15.2. The van der Waals surface area contributed by atoms with Gasteiger partial charge in [0.05, 0.1) is 11.1 Å². The van der Waals surface area contributed by atoms with Crippen molar-refractivity contribution in [3.63, 3.8) is 0 Å². The minimum Gasteiger partial charge on any atom is -0.326 e. The van der Waals surface area contributed by atoms with Gasteiger partial charge in [0.1, 0.15) is 0 Å². The Labute approximate surface area is 130 Å². The maximum atomic E-state index is 12.9. The molecule has 0 aromatic heterocycles. The Morgan fingerprint density at radius 1 is 1.14 bits per heavy atom. The lowest BCUT2D eigenvalue weighted by Crippen LogP contribution is -2.51. The van der Waals surface area contributed by atoms with Crippen LogP contribution in [0.15, 0.2) is 29.3 Å². The van der Waals surface area contributed by atoms with Crippen LogP contribution in [0.3, 0.4) is 0 Å². The molecule has 1 amide bonds. The third-order valence-corrected chi connectivity index (χ3v) is 5.80. The lowest BCUT2D eigenvalue weighted by Gasteiger charge is -2.55. The Balaban J connectivity index is 1.55. The quantitative estimate of drug-likeness (QED) is 0.681. The third-order valence-electron chi connectivity index (χ3n) is 5.80. The van der Waals surface area contributed by atoms with Crippen molar-refractivity contribution in [2.24, 2.45) is 28.2 Å². The van der Waals surface area contributed by atoms with E-state index < -0.39 is 0 Å². The molecular formula is C18H20N2O2. The zero-order valence-electron chi connectivity index (χ0n) is 12.5. The molecular weight excluding hydrogens is 276 g/mol. The number of benzene rings is 1. The average Bonchev–Trinajstić information content (AvgIpc) is 2.46. The van der Waals surface area contributed by atoms with Gasteiger partial charge < -0.3 is 5.32 Å². The highest BCUT2D eigenvalue weighted by atomic mass is 16.2. The summed E-state index contributed by atoms with van der Waals surface area (Å²) in [6.07, 6.45) is 8.68. The molecule has 1 N–H and O–H groups in total. The first-order valence-corrected chi connectivity index (χ1v) is 8.16. The Morgan fingerprint density at radius 2 is 1.77 bits per heavy atom. The number of carbonyl (C=O) groups is 1. The highest BCUT2D eigenvalue weighted by molar-refractivity contribution is 5.96. The third kappa shape index (κ3) is 2.28. The zero-order valence-corrected chi connectivity index (χ0v) is 12.5. The smallest absolute Gasteiger partial charge is 0.240 e. The van der Waals surface area contributed by atoms with Crippen molar-refractivity contribution in [3.05, 3.63) is 24.3 Å². The van der Waals surface area contributed by atoms with Crippen LogP contribution in [0.25, 0.3) is 0 Å². The molecule has 0 radical (unpaired) electrons. The van der Waals surface area contributed by atoms with Crippen LogP contribution in [-0.4, -0.2) is 12.0 Å². The molecule has 0 saturated heterocycles. The van der Waals surface area contributed by atoms with Crippen LogP contribution in [0, 0.1) is 23.2 Å². The summed E-state index contributed by atoms with van der Waals surface area (Å²) in [4.78, 5) is 26.9. The fourth-order valence-electron chi connectivity index (χ4n) is 5.36. The summed E-state index contributed by atoms with van der Waals surface area (Å²) < 4.78 is 0. The van der Waals surface area contributed by atoms with Crippen molar-refractivity contribution >= 4 is 23.4 Å². The van der Waals surface area contributed by atoms with Gasteiger partial charge in [0, 0.05) is 5.69 Å². The molecule has 1 aromatic rings. The molecule has 1 aromatic carbocycles. The van der Waals surface area contributed by atoms with E-state index in [1.165, 1.54) is 25.3 Å². The number of hydrogen-bond donors (Lipinski definition) is 1. The molecule has 0 heterocycles. The van der Waals surface area contributed by atoms with Crippen LogP contribution < -0.4 is 5.32 Å². The Hall–Kier alpha value is -1.93.